The fourth-order valence-corrected chi connectivity index (χ4v) is 4.43. The van der Waals surface area contributed by atoms with Gasteiger partial charge in [0.15, 0.2) is 6.04 Å². The third-order valence-corrected chi connectivity index (χ3v) is 5.97. The highest BCUT2D eigenvalue weighted by Gasteiger charge is 2.41. The molecular formula is C24H25N3O6. The predicted molar refractivity (Wildman–Crippen MR) is 118 cm³/mol. The average Bonchev–Trinajstić information content (AvgIpc) is 3.35. The number of ether oxygens (including phenoxy) is 1. The number of carbonyl (C=O) groups excluding carboxylic acids is 3. The van der Waals surface area contributed by atoms with Crippen molar-refractivity contribution in [3.05, 3.63) is 59.7 Å². The Kier molecular flexibility index (Phi) is 6.30. The molecule has 1 heterocycles. The van der Waals surface area contributed by atoms with E-state index in [0.717, 1.165) is 27.3 Å². The van der Waals surface area contributed by atoms with Crippen molar-refractivity contribution in [1.82, 2.24) is 15.8 Å². The van der Waals surface area contributed by atoms with Crippen LogP contribution in [-0.2, 0) is 19.1 Å². The molecule has 2 atom stereocenters. The Morgan fingerprint density at radius 2 is 1.73 bits per heavy atom. The van der Waals surface area contributed by atoms with Gasteiger partial charge in [0.1, 0.15) is 12.6 Å². The lowest BCUT2D eigenvalue weighted by molar-refractivity contribution is -0.151. The van der Waals surface area contributed by atoms with Crippen LogP contribution in [0.15, 0.2) is 48.5 Å². The molecule has 0 radical (unpaired) electrons. The maximum Gasteiger partial charge on any atom is 0.407 e. The number of nitrogens with zero attached hydrogens (tertiary/aromatic N) is 1. The van der Waals surface area contributed by atoms with E-state index in [1.807, 2.05) is 55.5 Å². The van der Waals surface area contributed by atoms with Crippen LogP contribution in [0, 0.1) is 0 Å². The summed E-state index contributed by atoms with van der Waals surface area (Å²) < 4.78 is 5.50. The van der Waals surface area contributed by atoms with Crippen molar-refractivity contribution < 1.29 is 29.0 Å². The van der Waals surface area contributed by atoms with E-state index in [0.29, 0.717) is 6.42 Å². The first-order chi connectivity index (χ1) is 15.9. The number of carbonyl (C=O) groups is 4. The number of hydrogen-bond donors (Lipinski definition) is 3. The van der Waals surface area contributed by atoms with Crippen LogP contribution in [0.3, 0.4) is 0 Å². The van der Waals surface area contributed by atoms with Crippen molar-refractivity contribution in [3.8, 4) is 11.1 Å². The number of alkyl carbamates (subject to hydrolysis) is 1. The first-order valence-electron chi connectivity index (χ1n) is 10.9. The van der Waals surface area contributed by atoms with Crippen LogP contribution in [0.4, 0.5) is 4.79 Å². The van der Waals surface area contributed by atoms with Gasteiger partial charge in [0.25, 0.3) is 5.91 Å². The number of nitrogens with one attached hydrogen (secondary N) is 2. The summed E-state index contributed by atoms with van der Waals surface area (Å²) >= 11 is 0. The molecule has 1 fully saturated rings. The summed E-state index contributed by atoms with van der Waals surface area (Å²) in [6, 6.07) is 13.6. The fraction of sp³-hybridized carbons (Fsp3) is 0.333. The Hall–Kier alpha value is -3.88. The summed E-state index contributed by atoms with van der Waals surface area (Å²) in [5, 5.41) is 12.6. The number of rotatable bonds is 7. The zero-order valence-corrected chi connectivity index (χ0v) is 18.1. The van der Waals surface area contributed by atoms with Gasteiger partial charge in [0.05, 0.1) is 6.42 Å². The Balaban J connectivity index is 1.44. The van der Waals surface area contributed by atoms with Crippen molar-refractivity contribution in [1.29, 1.82) is 0 Å². The topological polar surface area (TPSA) is 125 Å². The lowest BCUT2D eigenvalue weighted by atomic mass is 9.98. The van der Waals surface area contributed by atoms with E-state index < -0.39 is 36.0 Å². The maximum absolute atomic E-state index is 12.9. The molecule has 3 amide bonds. The number of fused-ring (bicyclic) bond motifs is 3. The first kappa shape index (κ1) is 22.3. The number of carboxylic acids is 1. The number of hydrazine groups is 1. The van der Waals surface area contributed by atoms with Gasteiger partial charge >= 0.3 is 12.1 Å². The standard InChI is InChI=1S/C24H25N3O6/c1-2-7-19(22(29)27-20(23(30)31)12-21(28)26-27)25-24(32)33-13-18-16-10-5-3-8-14(16)15-9-4-6-11-17(15)18/h3-6,8-11,18-20H,2,7,12-13H2,1H3,(H,25,32)(H,26,28)(H,30,31)/t19-,20?/m1/s1. The van der Waals surface area contributed by atoms with E-state index in [9.17, 15) is 24.3 Å². The van der Waals surface area contributed by atoms with Gasteiger partial charge in [-0.3, -0.25) is 15.0 Å². The molecule has 2 aromatic carbocycles. The van der Waals surface area contributed by atoms with Crippen LogP contribution in [-0.4, -0.2) is 52.7 Å². The maximum atomic E-state index is 12.9. The molecule has 1 saturated heterocycles. The van der Waals surface area contributed by atoms with Crippen molar-refractivity contribution in [3.63, 3.8) is 0 Å². The zero-order chi connectivity index (χ0) is 23.5. The van der Waals surface area contributed by atoms with Crippen molar-refractivity contribution >= 4 is 23.9 Å². The molecular weight excluding hydrogens is 426 g/mol. The first-order valence-corrected chi connectivity index (χ1v) is 10.9. The van der Waals surface area contributed by atoms with Crippen molar-refractivity contribution in [2.45, 2.75) is 44.2 Å². The molecule has 1 aliphatic heterocycles. The molecule has 1 unspecified atom stereocenters. The number of hydrogen-bond acceptors (Lipinski definition) is 5. The number of benzene rings is 2. The van der Waals surface area contributed by atoms with Crippen molar-refractivity contribution in [2.24, 2.45) is 0 Å². The molecule has 2 aromatic rings. The van der Waals surface area contributed by atoms with E-state index in [1.165, 1.54) is 0 Å². The zero-order valence-electron chi connectivity index (χ0n) is 18.1. The molecule has 172 valence electrons. The minimum Gasteiger partial charge on any atom is -0.480 e. The second-order valence-electron chi connectivity index (χ2n) is 8.11. The Morgan fingerprint density at radius 3 is 2.30 bits per heavy atom. The lowest BCUT2D eigenvalue weighted by Gasteiger charge is -2.26. The average molecular weight is 451 g/mol. The third-order valence-electron chi connectivity index (χ3n) is 5.97. The summed E-state index contributed by atoms with van der Waals surface area (Å²) in [5.74, 6) is -2.67. The van der Waals surface area contributed by atoms with Gasteiger partial charge in [-0.25, -0.2) is 14.6 Å². The fourth-order valence-electron chi connectivity index (χ4n) is 4.43. The van der Waals surface area contributed by atoms with Gasteiger partial charge in [-0.15, -0.1) is 0 Å². The number of amides is 3. The Bertz CT molecular complexity index is 1060. The van der Waals surface area contributed by atoms with Gasteiger partial charge < -0.3 is 15.2 Å². The van der Waals surface area contributed by atoms with Crippen molar-refractivity contribution in [2.75, 3.05) is 6.61 Å². The Morgan fingerprint density at radius 1 is 1.12 bits per heavy atom. The summed E-state index contributed by atoms with van der Waals surface area (Å²) in [4.78, 5) is 48.6. The second kappa shape index (κ2) is 9.32. The molecule has 2 aliphatic rings. The highest BCUT2D eigenvalue weighted by molar-refractivity contribution is 5.96. The van der Waals surface area contributed by atoms with Crippen LogP contribution in [0.2, 0.25) is 0 Å². The molecule has 1 aliphatic carbocycles. The normalized spacial score (nSPS) is 17.7. The predicted octanol–water partition coefficient (Wildman–Crippen LogP) is 2.41. The third kappa shape index (κ3) is 4.39. The summed E-state index contributed by atoms with van der Waals surface area (Å²) in [6.07, 6.45) is -0.285. The molecule has 0 bridgehead atoms. The second-order valence-corrected chi connectivity index (χ2v) is 8.11. The summed E-state index contributed by atoms with van der Waals surface area (Å²) in [5.41, 5.74) is 6.61. The van der Waals surface area contributed by atoms with Crippen LogP contribution in [0.1, 0.15) is 43.2 Å². The molecule has 0 saturated carbocycles. The van der Waals surface area contributed by atoms with E-state index in [2.05, 4.69) is 10.7 Å². The largest absolute Gasteiger partial charge is 0.480 e. The van der Waals surface area contributed by atoms with Gasteiger partial charge in [-0.2, -0.15) is 0 Å². The lowest BCUT2D eigenvalue weighted by Crippen LogP contribution is -2.55. The Labute approximate surface area is 190 Å². The summed E-state index contributed by atoms with van der Waals surface area (Å²) in [6.45, 7) is 1.92. The highest BCUT2D eigenvalue weighted by Crippen LogP contribution is 2.44. The van der Waals surface area contributed by atoms with Gasteiger partial charge in [-0.1, -0.05) is 61.9 Å². The molecule has 0 spiro atoms. The molecule has 0 aromatic heterocycles. The van der Waals surface area contributed by atoms with Crippen LogP contribution in [0.5, 0.6) is 0 Å². The van der Waals surface area contributed by atoms with Gasteiger partial charge in [0.2, 0.25) is 5.91 Å². The minimum absolute atomic E-state index is 0.0884. The number of aliphatic carboxylic acids is 1. The SMILES string of the molecule is CCC[C@@H](NC(=O)OCC1c2ccccc2-c2ccccc21)C(=O)N1NC(=O)CC1C(=O)O. The summed E-state index contributed by atoms with van der Waals surface area (Å²) in [7, 11) is 0. The molecule has 33 heavy (non-hydrogen) atoms. The van der Waals surface area contributed by atoms with E-state index >= 15 is 0 Å². The smallest absolute Gasteiger partial charge is 0.407 e. The number of carboxylic acid groups (broad SMARTS) is 1. The minimum atomic E-state index is -1.31. The molecule has 9 heteroatoms. The van der Waals surface area contributed by atoms with Crippen LogP contribution in [0.25, 0.3) is 11.1 Å². The highest BCUT2D eigenvalue weighted by atomic mass is 16.5. The quantitative estimate of drug-likeness (QED) is 0.594. The van der Waals surface area contributed by atoms with Gasteiger partial charge in [0, 0.05) is 5.92 Å². The molecule has 9 nitrogen and oxygen atoms in total. The monoisotopic (exact) mass is 451 g/mol. The molecule has 3 N–H and O–H groups in total. The van der Waals surface area contributed by atoms with E-state index in [4.69, 9.17) is 4.74 Å². The van der Waals surface area contributed by atoms with E-state index in [-0.39, 0.29) is 25.4 Å². The molecule has 4 rings (SSSR count). The van der Waals surface area contributed by atoms with Crippen LogP contribution < -0.4 is 10.7 Å². The van der Waals surface area contributed by atoms with Gasteiger partial charge in [-0.05, 0) is 28.7 Å². The van der Waals surface area contributed by atoms with Crippen LogP contribution >= 0.6 is 0 Å². The van der Waals surface area contributed by atoms with E-state index in [1.54, 1.807) is 0 Å².